The molecule has 0 unspecified atom stereocenters. The lowest BCUT2D eigenvalue weighted by molar-refractivity contribution is -0.130. The zero-order chi connectivity index (χ0) is 22.3. The fraction of sp³-hybridized carbons (Fsp3) is 0.320. The van der Waals surface area contributed by atoms with Crippen LogP contribution in [-0.2, 0) is 24.3 Å². The quantitative estimate of drug-likeness (QED) is 0.466. The van der Waals surface area contributed by atoms with E-state index >= 15 is 0 Å². The maximum Gasteiger partial charge on any atom is 0.244 e. The van der Waals surface area contributed by atoms with Crippen molar-refractivity contribution in [2.75, 3.05) is 26.7 Å². The molecule has 1 aromatic heterocycles. The third kappa shape index (κ3) is 5.17. The summed E-state index contributed by atoms with van der Waals surface area (Å²) < 4.78 is 0. The Kier molecular flexibility index (Phi) is 6.84. The highest BCUT2D eigenvalue weighted by atomic mass is 16.2. The lowest BCUT2D eigenvalue weighted by Crippen LogP contribution is -2.41. The van der Waals surface area contributed by atoms with Gasteiger partial charge in [-0.15, -0.1) is 0 Å². The SMILES string of the molecule is CCNC(=NCC(=O)N1CCc2ccccc2C1)N(C)Cc1ncc(-c2ccccc2)[nH]1. The number of guanidine groups is 1. The molecule has 0 bridgehead atoms. The second kappa shape index (κ2) is 10.1. The zero-order valence-electron chi connectivity index (χ0n) is 18.7. The molecule has 0 spiro atoms. The van der Waals surface area contributed by atoms with E-state index in [1.54, 1.807) is 0 Å². The number of hydrogen-bond donors (Lipinski definition) is 2. The van der Waals surface area contributed by atoms with E-state index in [1.807, 2.05) is 54.2 Å². The van der Waals surface area contributed by atoms with Crippen LogP contribution in [0, 0.1) is 0 Å². The molecule has 7 nitrogen and oxygen atoms in total. The molecule has 32 heavy (non-hydrogen) atoms. The van der Waals surface area contributed by atoms with Gasteiger partial charge in [-0.3, -0.25) is 4.79 Å². The van der Waals surface area contributed by atoms with Crippen molar-refractivity contribution >= 4 is 11.9 Å². The molecule has 1 amide bonds. The summed E-state index contributed by atoms with van der Waals surface area (Å²) >= 11 is 0. The van der Waals surface area contributed by atoms with Crippen LogP contribution in [0.15, 0.2) is 65.8 Å². The first-order valence-electron chi connectivity index (χ1n) is 11.1. The Bertz CT molecular complexity index is 1070. The Morgan fingerprint density at radius 2 is 1.91 bits per heavy atom. The highest BCUT2D eigenvalue weighted by molar-refractivity contribution is 5.85. The zero-order valence-corrected chi connectivity index (χ0v) is 18.7. The standard InChI is InChI=1S/C25H30N6O/c1-3-26-25(28-16-24(32)31-14-13-19-9-7-8-12-21(19)17-31)30(2)18-23-27-15-22(29-23)20-10-5-4-6-11-20/h4-12,15H,3,13-14,16-18H2,1-2H3,(H,26,28)(H,27,29). The maximum absolute atomic E-state index is 12.8. The molecule has 0 saturated heterocycles. The number of benzene rings is 2. The van der Waals surface area contributed by atoms with Crippen LogP contribution in [-0.4, -0.2) is 58.3 Å². The number of H-pyrrole nitrogens is 1. The Hall–Kier alpha value is -3.61. The Balaban J connectivity index is 1.38. The van der Waals surface area contributed by atoms with Crippen LogP contribution in [0.3, 0.4) is 0 Å². The number of carbonyl (C=O) groups excluding carboxylic acids is 1. The minimum absolute atomic E-state index is 0.0488. The highest BCUT2D eigenvalue weighted by Crippen LogP contribution is 2.19. The van der Waals surface area contributed by atoms with E-state index < -0.39 is 0 Å². The Labute approximate surface area is 189 Å². The smallest absolute Gasteiger partial charge is 0.244 e. The topological polar surface area (TPSA) is 76.6 Å². The fourth-order valence-corrected chi connectivity index (χ4v) is 3.93. The Morgan fingerprint density at radius 1 is 1.16 bits per heavy atom. The van der Waals surface area contributed by atoms with Gasteiger partial charge in [-0.1, -0.05) is 54.6 Å². The van der Waals surface area contributed by atoms with Crippen molar-refractivity contribution in [3.63, 3.8) is 0 Å². The van der Waals surface area contributed by atoms with Gasteiger partial charge in [0, 0.05) is 26.7 Å². The average molecular weight is 431 g/mol. The van der Waals surface area contributed by atoms with Gasteiger partial charge in [0.15, 0.2) is 5.96 Å². The van der Waals surface area contributed by atoms with Crippen LogP contribution in [0.5, 0.6) is 0 Å². The van der Waals surface area contributed by atoms with Crippen molar-refractivity contribution in [2.24, 2.45) is 4.99 Å². The van der Waals surface area contributed by atoms with Gasteiger partial charge in [0.05, 0.1) is 18.4 Å². The van der Waals surface area contributed by atoms with Crippen LogP contribution >= 0.6 is 0 Å². The lowest BCUT2D eigenvalue weighted by atomic mass is 10.00. The number of hydrogen-bond acceptors (Lipinski definition) is 3. The summed E-state index contributed by atoms with van der Waals surface area (Å²) in [5, 5.41) is 3.28. The fourth-order valence-electron chi connectivity index (χ4n) is 3.93. The van der Waals surface area contributed by atoms with Crippen molar-refractivity contribution in [1.82, 2.24) is 25.1 Å². The molecule has 1 aliphatic heterocycles. The van der Waals surface area contributed by atoms with E-state index in [-0.39, 0.29) is 12.5 Å². The van der Waals surface area contributed by atoms with E-state index in [1.165, 1.54) is 11.1 Å². The molecule has 2 N–H and O–H groups in total. The minimum atomic E-state index is 0.0488. The molecule has 0 aliphatic carbocycles. The highest BCUT2D eigenvalue weighted by Gasteiger charge is 2.20. The summed E-state index contributed by atoms with van der Waals surface area (Å²) in [5.41, 5.74) is 4.65. The number of aromatic nitrogens is 2. The monoisotopic (exact) mass is 430 g/mol. The number of amides is 1. The molecule has 2 aromatic carbocycles. The van der Waals surface area contributed by atoms with Crippen molar-refractivity contribution < 1.29 is 4.79 Å². The van der Waals surface area contributed by atoms with Crippen molar-refractivity contribution in [3.8, 4) is 11.3 Å². The Morgan fingerprint density at radius 3 is 2.69 bits per heavy atom. The van der Waals surface area contributed by atoms with E-state index in [4.69, 9.17) is 0 Å². The third-order valence-electron chi connectivity index (χ3n) is 5.64. The molecule has 0 atom stereocenters. The summed E-state index contributed by atoms with van der Waals surface area (Å²) in [7, 11) is 1.95. The molecular weight excluding hydrogens is 400 g/mol. The number of fused-ring (bicyclic) bond motifs is 1. The van der Waals surface area contributed by atoms with Gasteiger partial charge in [-0.25, -0.2) is 9.98 Å². The molecular formula is C25H30N6O. The van der Waals surface area contributed by atoms with Crippen LogP contribution < -0.4 is 5.32 Å². The molecule has 0 fully saturated rings. The second-order valence-corrected chi connectivity index (χ2v) is 7.97. The molecule has 1 aliphatic rings. The first-order valence-corrected chi connectivity index (χ1v) is 11.1. The lowest BCUT2D eigenvalue weighted by Gasteiger charge is -2.28. The largest absolute Gasteiger partial charge is 0.357 e. The van der Waals surface area contributed by atoms with E-state index in [2.05, 4.69) is 50.6 Å². The first kappa shape index (κ1) is 21.6. The summed E-state index contributed by atoms with van der Waals surface area (Å²) in [6.45, 7) is 4.83. The van der Waals surface area contributed by atoms with E-state index in [0.717, 1.165) is 36.6 Å². The van der Waals surface area contributed by atoms with Crippen LogP contribution in [0.2, 0.25) is 0 Å². The van der Waals surface area contributed by atoms with Gasteiger partial charge in [-0.2, -0.15) is 0 Å². The summed E-state index contributed by atoms with van der Waals surface area (Å²) in [6.07, 6.45) is 2.74. The number of rotatable bonds is 6. The number of carbonyl (C=O) groups is 1. The molecule has 4 rings (SSSR count). The van der Waals surface area contributed by atoms with Crippen LogP contribution in [0.25, 0.3) is 11.3 Å². The predicted molar refractivity (Wildman–Crippen MR) is 127 cm³/mol. The molecule has 166 valence electrons. The van der Waals surface area contributed by atoms with Crippen molar-refractivity contribution in [3.05, 3.63) is 77.7 Å². The van der Waals surface area contributed by atoms with Gasteiger partial charge < -0.3 is 20.1 Å². The number of aromatic amines is 1. The molecule has 2 heterocycles. The van der Waals surface area contributed by atoms with Crippen molar-refractivity contribution in [2.45, 2.75) is 26.4 Å². The summed E-state index contributed by atoms with van der Waals surface area (Å²) in [5.74, 6) is 1.58. The van der Waals surface area contributed by atoms with E-state index in [0.29, 0.717) is 19.0 Å². The predicted octanol–water partition coefficient (Wildman–Crippen LogP) is 3.06. The third-order valence-corrected chi connectivity index (χ3v) is 5.64. The molecule has 3 aromatic rings. The van der Waals surface area contributed by atoms with Gasteiger partial charge in [0.1, 0.15) is 12.4 Å². The number of imidazole rings is 1. The van der Waals surface area contributed by atoms with Gasteiger partial charge >= 0.3 is 0 Å². The van der Waals surface area contributed by atoms with Crippen LogP contribution in [0.1, 0.15) is 23.9 Å². The number of aliphatic imine (C=N–C) groups is 1. The van der Waals surface area contributed by atoms with Gasteiger partial charge in [-0.05, 0) is 30.0 Å². The van der Waals surface area contributed by atoms with Gasteiger partial charge in [0.2, 0.25) is 5.91 Å². The maximum atomic E-state index is 12.8. The van der Waals surface area contributed by atoms with Crippen molar-refractivity contribution in [1.29, 1.82) is 0 Å². The number of nitrogens with zero attached hydrogens (tertiary/aromatic N) is 4. The van der Waals surface area contributed by atoms with Gasteiger partial charge in [0.25, 0.3) is 0 Å². The normalized spacial score (nSPS) is 13.6. The molecule has 0 radical (unpaired) electrons. The molecule has 7 heteroatoms. The van der Waals surface area contributed by atoms with Crippen LogP contribution in [0.4, 0.5) is 0 Å². The van der Waals surface area contributed by atoms with E-state index in [9.17, 15) is 4.79 Å². The summed E-state index contributed by atoms with van der Waals surface area (Å²) in [6, 6.07) is 18.5. The second-order valence-electron chi connectivity index (χ2n) is 7.97. The summed E-state index contributed by atoms with van der Waals surface area (Å²) in [4.78, 5) is 29.2. The average Bonchev–Trinajstić information content (AvgIpc) is 3.30. The number of nitrogens with one attached hydrogen (secondary N) is 2. The minimum Gasteiger partial charge on any atom is -0.357 e. The molecule has 0 saturated carbocycles. The first-order chi connectivity index (χ1) is 15.6.